The second-order valence-electron chi connectivity index (χ2n) is 10.7. The Morgan fingerprint density at radius 2 is 1.81 bits per heavy atom. The molecule has 0 bridgehead atoms. The Balaban J connectivity index is 1.40. The summed E-state index contributed by atoms with van der Waals surface area (Å²) in [6, 6.07) is 0. The third-order valence-electron chi connectivity index (χ3n) is 10.1. The molecule has 26 heavy (non-hydrogen) atoms. The minimum atomic E-state index is -0.135. The van der Waals surface area contributed by atoms with Gasteiger partial charge >= 0.3 is 5.97 Å². The molecular weight excluding hydrogens is 324 g/mol. The van der Waals surface area contributed by atoms with Gasteiger partial charge in [0.1, 0.15) is 5.60 Å². The SMILES string of the molecule is C[C@]12CCC(=O)C=C1CCC1C2CC[C@@]2(C)C1C1CC1C21CCC(=O)O1. The number of hydrogen-bond donors (Lipinski definition) is 0. The van der Waals surface area contributed by atoms with Gasteiger partial charge in [0.2, 0.25) is 0 Å². The van der Waals surface area contributed by atoms with E-state index in [0.717, 1.165) is 49.4 Å². The van der Waals surface area contributed by atoms with Gasteiger partial charge in [-0.2, -0.15) is 0 Å². The topological polar surface area (TPSA) is 43.4 Å². The van der Waals surface area contributed by atoms with Crippen LogP contribution in [0.2, 0.25) is 0 Å². The van der Waals surface area contributed by atoms with Gasteiger partial charge in [-0.1, -0.05) is 19.4 Å². The Hall–Kier alpha value is -1.12. The number of hydrogen-bond acceptors (Lipinski definition) is 3. The van der Waals surface area contributed by atoms with Crippen molar-refractivity contribution in [2.75, 3.05) is 0 Å². The average Bonchev–Trinajstić information content (AvgIpc) is 3.24. The predicted octanol–water partition coefficient (Wildman–Crippen LogP) is 4.45. The van der Waals surface area contributed by atoms with E-state index in [0.29, 0.717) is 18.1 Å². The molecule has 0 aromatic carbocycles. The highest BCUT2D eigenvalue weighted by molar-refractivity contribution is 5.91. The van der Waals surface area contributed by atoms with Crippen molar-refractivity contribution in [2.45, 2.75) is 77.2 Å². The average molecular weight is 354 g/mol. The third-order valence-corrected chi connectivity index (χ3v) is 10.1. The Morgan fingerprint density at radius 1 is 0.962 bits per heavy atom. The summed E-state index contributed by atoms with van der Waals surface area (Å²) in [6.07, 6.45) is 11.5. The molecule has 1 heterocycles. The van der Waals surface area contributed by atoms with Crippen LogP contribution in [-0.4, -0.2) is 17.4 Å². The molecule has 0 N–H and O–H groups in total. The molecule has 8 atom stereocenters. The van der Waals surface area contributed by atoms with E-state index in [4.69, 9.17) is 4.74 Å². The fraction of sp³-hybridized carbons (Fsp3) is 0.826. The number of allylic oxidation sites excluding steroid dienone is 1. The molecule has 3 nitrogen and oxygen atoms in total. The Labute approximate surface area is 155 Å². The summed E-state index contributed by atoms with van der Waals surface area (Å²) in [5, 5.41) is 0. The van der Waals surface area contributed by atoms with Gasteiger partial charge in [-0.25, -0.2) is 0 Å². The van der Waals surface area contributed by atoms with Crippen LogP contribution in [0, 0.1) is 40.4 Å². The molecule has 6 aliphatic rings. The van der Waals surface area contributed by atoms with Crippen LogP contribution in [0.3, 0.4) is 0 Å². The van der Waals surface area contributed by atoms with Crippen molar-refractivity contribution in [3.63, 3.8) is 0 Å². The first-order chi connectivity index (χ1) is 12.4. The largest absolute Gasteiger partial charge is 0.458 e. The normalized spacial score (nSPS) is 57.0. The van der Waals surface area contributed by atoms with E-state index >= 15 is 0 Å². The first-order valence-electron chi connectivity index (χ1n) is 10.8. The van der Waals surface area contributed by atoms with Gasteiger partial charge in [0.15, 0.2) is 5.78 Å². The van der Waals surface area contributed by atoms with E-state index in [2.05, 4.69) is 13.8 Å². The van der Waals surface area contributed by atoms with Crippen LogP contribution >= 0.6 is 0 Å². The van der Waals surface area contributed by atoms with Gasteiger partial charge in [-0.05, 0) is 80.1 Å². The van der Waals surface area contributed by atoms with E-state index in [9.17, 15) is 9.59 Å². The van der Waals surface area contributed by atoms with Crippen LogP contribution in [0.1, 0.15) is 71.6 Å². The highest BCUT2D eigenvalue weighted by Gasteiger charge is 2.78. The third kappa shape index (κ3) is 1.63. The summed E-state index contributed by atoms with van der Waals surface area (Å²) in [5.74, 6) is 4.04. The van der Waals surface area contributed by atoms with Crippen LogP contribution in [0.15, 0.2) is 11.6 Å². The maximum absolute atomic E-state index is 12.1. The quantitative estimate of drug-likeness (QED) is 0.604. The van der Waals surface area contributed by atoms with Gasteiger partial charge in [0.25, 0.3) is 0 Å². The number of carbonyl (C=O) groups is 2. The molecule has 3 heteroatoms. The second-order valence-corrected chi connectivity index (χ2v) is 10.7. The van der Waals surface area contributed by atoms with Gasteiger partial charge in [0.05, 0.1) is 0 Å². The Bertz CT molecular complexity index is 753. The van der Waals surface area contributed by atoms with Crippen LogP contribution in [0.25, 0.3) is 0 Å². The molecule has 1 saturated heterocycles. The summed E-state index contributed by atoms with van der Waals surface area (Å²) >= 11 is 0. The second kappa shape index (κ2) is 4.64. The molecule has 0 amide bonds. The van der Waals surface area contributed by atoms with E-state index in [1.54, 1.807) is 0 Å². The van der Waals surface area contributed by atoms with Crippen molar-refractivity contribution in [1.82, 2.24) is 0 Å². The maximum Gasteiger partial charge on any atom is 0.306 e. The first kappa shape index (κ1) is 15.9. The van der Waals surface area contributed by atoms with Crippen molar-refractivity contribution in [1.29, 1.82) is 0 Å². The van der Waals surface area contributed by atoms with E-state index < -0.39 is 0 Å². The Morgan fingerprint density at radius 3 is 2.58 bits per heavy atom. The lowest BCUT2D eigenvalue weighted by molar-refractivity contribution is -0.176. The fourth-order valence-corrected chi connectivity index (χ4v) is 8.92. The molecule has 0 aromatic rings. The van der Waals surface area contributed by atoms with Gasteiger partial charge < -0.3 is 4.74 Å². The minimum Gasteiger partial charge on any atom is -0.458 e. The van der Waals surface area contributed by atoms with Crippen molar-refractivity contribution in [3.05, 3.63) is 11.6 Å². The molecule has 0 aromatic heterocycles. The van der Waals surface area contributed by atoms with Crippen LogP contribution < -0.4 is 0 Å². The molecule has 1 aliphatic heterocycles. The van der Waals surface area contributed by atoms with Crippen molar-refractivity contribution >= 4 is 11.8 Å². The van der Waals surface area contributed by atoms with Crippen LogP contribution in [0.5, 0.6) is 0 Å². The van der Waals surface area contributed by atoms with Crippen molar-refractivity contribution < 1.29 is 14.3 Å². The minimum absolute atomic E-state index is 0.0475. The summed E-state index contributed by atoms with van der Waals surface area (Å²) in [4.78, 5) is 24.1. The summed E-state index contributed by atoms with van der Waals surface area (Å²) in [6.45, 7) is 4.92. The smallest absolute Gasteiger partial charge is 0.306 e. The number of ether oxygens (including phenoxy) is 1. The maximum atomic E-state index is 12.1. The molecule has 1 spiro atoms. The van der Waals surface area contributed by atoms with Gasteiger partial charge in [-0.3, -0.25) is 9.59 Å². The van der Waals surface area contributed by atoms with E-state index in [1.807, 2.05) is 6.08 Å². The standard InChI is InChI=1S/C23H30O3/c1-21-8-5-14(24)11-13(21)3-4-15-17(21)6-9-22(2)20(15)16-12-18(16)23(22)10-7-19(25)26-23/h11,15-18,20H,3-10,12H2,1-2H3/t15?,16?,17?,18?,20?,21-,22-,23?/m0/s1. The number of rotatable bonds is 0. The number of ketones is 1. The van der Waals surface area contributed by atoms with E-state index in [1.165, 1.54) is 31.3 Å². The van der Waals surface area contributed by atoms with Crippen molar-refractivity contribution in [2.24, 2.45) is 40.4 Å². The zero-order chi connectivity index (χ0) is 17.9. The summed E-state index contributed by atoms with van der Waals surface area (Å²) in [5.41, 5.74) is 1.75. The van der Waals surface area contributed by atoms with Crippen LogP contribution in [0.4, 0.5) is 0 Å². The van der Waals surface area contributed by atoms with Gasteiger partial charge in [0, 0.05) is 24.2 Å². The lowest BCUT2D eigenvalue weighted by Crippen LogP contribution is -2.56. The molecule has 6 rings (SSSR count). The molecule has 6 unspecified atom stereocenters. The lowest BCUT2D eigenvalue weighted by atomic mass is 9.45. The predicted molar refractivity (Wildman–Crippen MR) is 97.1 cm³/mol. The monoisotopic (exact) mass is 354 g/mol. The van der Waals surface area contributed by atoms with Gasteiger partial charge in [-0.15, -0.1) is 0 Å². The number of fused-ring (bicyclic) bond motifs is 9. The van der Waals surface area contributed by atoms with E-state index in [-0.39, 0.29) is 22.4 Å². The molecule has 140 valence electrons. The highest BCUT2D eigenvalue weighted by Crippen LogP contribution is 2.79. The zero-order valence-electron chi connectivity index (χ0n) is 16.1. The summed E-state index contributed by atoms with van der Waals surface area (Å²) in [7, 11) is 0. The molecule has 5 aliphatic carbocycles. The molecule has 5 fully saturated rings. The first-order valence-corrected chi connectivity index (χ1v) is 10.8. The molecule has 0 radical (unpaired) electrons. The fourth-order valence-electron chi connectivity index (χ4n) is 8.92. The zero-order valence-corrected chi connectivity index (χ0v) is 16.1. The highest BCUT2D eigenvalue weighted by atomic mass is 16.6. The molecular formula is C23H30O3. The summed E-state index contributed by atoms with van der Waals surface area (Å²) < 4.78 is 6.17. The number of esters is 1. The Kier molecular flexibility index (Phi) is 2.84. The number of carbonyl (C=O) groups excluding carboxylic acids is 2. The van der Waals surface area contributed by atoms with Crippen LogP contribution in [-0.2, 0) is 14.3 Å². The lowest BCUT2D eigenvalue weighted by Gasteiger charge is -2.60. The van der Waals surface area contributed by atoms with Crippen molar-refractivity contribution in [3.8, 4) is 0 Å². The molecule has 4 saturated carbocycles.